The Labute approximate surface area is 105 Å². The molecule has 1 aromatic rings. The largest absolute Gasteiger partial charge is 0.480 e. The van der Waals surface area contributed by atoms with Crippen LogP contribution in [0.5, 0.6) is 0 Å². The molecule has 0 aliphatic rings. The minimum absolute atomic E-state index is 0.280. The van der Waals surface area contributed by atoms with E-state index < -0.39 is 11.3 Å². The molecule has 16 heavy (non-hydrogen) atoms. The third-order valence-electron chi connectivity index (χ3n) is 2.33. The summed E-state index contributed by atoms with van der Waals surface area (Å²) in [6.45, 7) is 5.20. The summed E-state index contributed by atoms with van der Waals surface area (Å²) in [5.41, 5.74) is 0. The molecule has 0 fully saturated rings. The van der Waals surface area contributed by atoms with Crippen molar-refractivity contribution in [3.63, 3.8) is 0 Å². The molecule has 1 N–H and O–H groups in total. The predicted molar refractivity (Wildman–Crippen MR) is 67.1 cm³/mol. The van der Waals surface area contributed by atoms with E-state index in [4.69, 9.17) is 16.7 Å². The van der Waals surface area contributed by atoms with Crippen LogP contribution >= 0.6 is 22.9 Å². The van der Waals surface area contributed by atoms with Crippen molar-refractivity contribution >= 4 is 28.9 Å². The summed E-state index contributed by atoms with van der Waals surface area (Å²) in [6, 6.07) is 4.32. The van der Waals surface area contributed by atoms with Gasteiger partial charge in [0.2, 0.25) is 0 Å². The lowest BCUT2D eigenvalue weighted by atomic mass is 10.2. The van der Waals surface area contributed by atoms with E-state index in [1.807, 2.05) is 31.4 Å². The highest BCUT2D eigenvalue weighted by atomic mass is 35.5. The topological polar surface area (TPSA) is 40.5 Å². The fraction of sp³-hybridized carbons (Fsp3) is 0.545. The number of rotatable bonds is 6. The standard InChI is InChI=1S/C11H16ClNO2S/c1-8(2)13(7-10(12)11(14)15)6-9-4-3-5-16-9/h3-5,8,10H,6-7H2,1-2H3,(H,14,15). The van der Waals surface area contributed by atoms with Crippen molar-refractivity contribution in [2.45, 2.75) is 31.8 Å². The lowest BCUT2D eigenvalue weighted by Gasteiger charge is -2.26. The molecule has 0 spiro atoms. The van der Waals surface area contributed by atoms with Crippen molar-refractivity contribution in [2.24, 2.45) is 0 Å². The first-order valence-corrected chi connectivity index (χ1v) is 6.45. The van der Waals surface area contributed by atoms with Gasteiger partial charge < -0.3 is 5.11 Å². The van der Waals surface area contributed by atoms with Gasteiger partial charge >= 0.3 is 5.97 Å². The van der Waals surface area contributed by atoms with Crippen LogP contribution in [0, 0.1) is 0 Å². The van der Waals surface area contributed by atoms with E-state index >= 15 is 0 Å². The van der Waals surface area contributed by atoms with Gasteiger partial charge in [0.15, 0.2) is 0 Å². The van der Waals surface area contributed by atoms with E-state index in [-0.39, 0.29) is 6.04 Å². The summed E-state index contributed by atoms with van der Waals surface area (Å²) in [6.07, 6.45) is 0. The van der Waals surface area contributed by atoms with Gasteiger partial charge in [-0.2, -0.15) is 0 Å². The van der Waals surface area contributed by atoms with Crippen molar-refractivity contribution in [1.29, 1.82) is 0 Å². The average Bonchev–Trinajstić information content (AvgIpc) is 2.68. The minimum Gasteiger partial charge on any atom is -0.480 e. The van der Waals surface area contributed by atoms with Gasteiger partial charge in [0.1, 0.15) is 5.38 Å². The van der Waals surface area contributed by atoms with Crippen molar-refractivity contribution < 1.29 is 9.90 Å². The molecule has 0 radical (unpaired) electrons. The Bertz CT molecular complexity index is 327. The van der Waals surface area contributed by atoms with E-state index in [9.17, 15) is 4.79 Å². The fourth-order valence-corrected chi connectivity index (χ4v) is 2.25. The predicted octanol–water partition coefficient (Wildman–Crippen LogP) is 2.65. The van der Waals surface area contributed by atoms with Crippen molar-refractivity contribution in [1.82, 2.24) is 4.90 Å². The Morgan fingerprint density at radius 3 is 2.75 bits per heavy atom. The number of thiophene rings is 1. The Morgan fingerprint density at radius 2 is 2.31 bits per heavy atom. The van der Waals surface area contributed by atoms with Gasteiger partial charge in [-0.05, 0) is 25.3 Å². The first-order valence-electron chi connectivity index (χ1n) is 5.14. The van der Waals surface area contributed by atoms with Crippen LogP contribution in [-0.2, 0) is 11.3 Å². The fourth-order valence-electron chi connectivity index (χ4n) is 1.34. The first-order chi connectivity index (χ1) is 7.50. The minimum atomic E-state index is -0.960. The summed E-state index contributed by atoms with van der Waals surface area (Å²) < 4.78 is 0. The lowest BCUT2D eigenvalue weighted by molar-refractivity contribution is -0.137. The highest BCUT2D eigenvalue weighted by molar-refractivity contribution is 7.09. The molecule has 1 atom stereocenters. The first kappa shape index (κ1) is 13.5. The van der Waals surface area contributed by atoms with E-state index in [1.54, 1.807) is 11.3 Å². The van der Waals surface area contributed by atoms with E-state index in [2.05, 4.69) is 4.90 Å². The molecule has 0 saturated carbocycles. The van der Waals surface area contributed by atoms with E-state index in [1.165, 1.54) is 4.88 Å². The summed E-state index contributed by atoms with van der Waals surface area (Å²) in [5, 5.41) is 9.95. The number of halogens is 1. The number of alkyl halides is 1. The Hall–Kier alpha value is -0.580. The third kappa shape index (κ3) is 4.12. The van der Waals surface area contributed by atoms with Crippen LogP contribution in [0.3, 0.4) is 0 Å². The number of carboxylic acid groups (broad SMARTS) is 1. The summed E-state index contributed by atoms with van der Waals surface area (Å²) in [4.78, 5) is 14.0. The van der Waals surface area contributed by atoms with Gasteiger partial charge in [-0.15, -0.1) is 22.9 Å². The Morgan fingerprint density at radius 1 is 1.62 bits per heavy atom. The molecule has 1 aromatic heterocycles. The maximum absolute atomic E-state index is 10.7. The van der Waals surface area contributed by atoms with E-state index in [0.717, 1.165) is 6.54 Å². The molecular formula is C11H16ClNO2S. The normalized spacial score (nSPS) is 13.3. The maximum Gasteiger partial charge on any atom is 0.322 e. The van der Waals surface area contributed by atoms with Crippen LogP contribution in [-0.4, -0.2) is 33.9 Å². The maximum atomic E-state index is 10.7. The van der Waals surface area contributed by atoms with Gasteiger partial charge in [0.05, 0.1) is 0 Å². The quantitative estimate of drug-likeness (QED) is 0.801. The van der Waals surface area contributed by atoms with Gasteiger partial charge in [0, 0.05) is 24.0 Å². The summed E-state index contributed by atoms with van der Waals surface area (Å²) in [5.74, 6) is -0.960. The van der Waals surface area contributed by atoms with Gasteiger partial charge in [-0.3, -0.25) is 9.69 Å². The second kappa shape index (κ2) is 6.23. The smallest absolute Gasteiger partial charge is 0.322 e. The molecule has 1 unspecified atom stereocenters. The van der Waals surface area contributed by atoms with Crippen molar-refractivity contribution in [3.8, 4) is 0 Å². The summed E-state index contributed by atoms with van der Waals surface area (Å²) in [7, 11) is 0. The van der Waals surface area contributed by atoms with Gasteiger partial charge in [-0.1, -0.05) is 6.07 Å². The monoisotopic (exact) mass is 261 g/mol. The Kier molecular flexibility index (Phi) is 5.25. The highest BCUT2D eigenvalue weighted by Crippen LogP contribution is 2.15. The van der Waals surface area contributed by atoms with Gasteiger partial charge in [0.25, 0.3) is 0 Å². The van der Waals surface area contributed by atoms with Crippen LogP contribution < -0.4 is 0 Å². The molecule has 5 heteroatoms. The van der Waals surface area contributed by atoms with Crippen LogP contribution in [0.1, 0.15) is 18.7 Å². The molecule has 0 saturated heterocycles. The van der Waals surface area contributed by atoms with Crippen LogP contribution in [0.15, 0.2) is 17.5 Å². The molecule has 0 amide bonds. The zero-order valence-corrected chi connectivity index (χ0v) is 11.0. The molecule has 0 aliphatic heterocycles. The molecule has 3 nitrogen and oxygen atoms in total. The number of hydrogen-bond donors (Lipinski definition) is 1. The molecular weight excluding hydrogens is 246 g/mol. The highest BCUT2D eigenvalue weighted by Gasteiger charge is 2.20. The second-order valence-corrected chi connectivity index (χ2v) is 5.47. The van der Waals surface area contributed by atoms with Crippen LogP contribution in [0.4, 0.5) is 0 Å². The van der Waals surface area contributed by atoms with E-state index in [0.29, 0.717) is 6.54 Å². The number of carboxylic acids is 1. The number of aliphatic carboxylic acids is 1. The molecule has 0 aliphatic carbocycles. The SMILES string of the molecule is CC(C)N(Cc1cccs1)CC(Cl)C(=O)O. The zero-order valence-electron chi connectivity index (χ0n) is 9.39. The number of nitrogens with zero attached hydrogens (tertiary/aromatic N) is 1. The van der Waals surface area contributed by atoms with Crippen molar-refractivity contribution in [3.05, 3.63) is 22.4 Å². The molecule has 0 aromatic carbocycles. The Balaban J connectivity index is 2.58. The summed E-state index contributed by atoms with van der Waals surface area (Å²) >= 11 is 7.43. The third-order valence-corrected chi connectivity index (χ3v) is 3.52. The molecule has 1 rings (SSSR count). The van der Waals surface area contributed by atoms with Crippen LogP contribution in [0.25, 0.3) is 0 Å². The zero-order chi connectivity index (χ0) is 12.1. The second-order valence-electron chi connectivity index (χ2n) is 3.91. The molecule has 0 bridgehead atoms. The number of hydrogen-bond acceptors (Lipinski definition) is 3. The molecule has 1 heterocycles. The molecule has 90 valence electrons. The van der Waals surface area contributed by atoms with Gasteiger partial charge in [-0.25, -0.2) is 0 Å². The number of carbonyl (C=O) groups is 1. The van der Waals surface area contributed by atoms with Crippen molar-refractivity contribution in [2.75, 3.05) is 6.54 Å². The van der Waals surface area contributed by atoms with Crippen LogP contribution in [0.2, 0.25) is 0 Å². The lowest BCUT2D eigenvalue weighted by Crippen LogP contribution is -2.37. The average molecular weight is 262 g/mol.